The monoisotopic (exact) mass is 252 g/mol. The summed E-state index contributed by atoms with van der Waals surface area (Å²) in [6.45, 7) is 2.84. The van der Waals surface area contributed by atoms with E-state index in [9.17, 15) is 0 Å². The maximum atomic E-state index is 4.67. The third kappa shape index (κ3) is 2.22. The van der Waals surface area contributed by atoms with Crippen LogP contribution in [0.3, 0.4) is 0 Å². The second-order valence-corrected chi connectivity index (χ2v) is 4.65. The number of hydrogen-bond acceptors (Lipinski definition) is 3. The zero-order chi connectivity index (χ0) is 13.2. The summed E-state index contributed by atoms with van der Waals surface area (Å²) in [4.78, 5) is 4.67. The van der Waals surface area contributed by atoms with Crippen LogP contribution in [0.2, 0.25) is 0 Å². The fraction of sp³-hybridized carbons (Fsp3) is 0.200. The molecule has 0 fully saturated rings. The first-order valence-corrected chi connectivity index (χ1v) is 6.33. The maximum Gasteiger partial charge on any atom is 0.154 e. The first kappa shape index (κ1) is 11.9. The summed E-state index contributed by atoms with van der Waals surface area (Å²) >= 11 is 0. The molecule has 19 heavy (non-hydrogen) atoms. The molecule has 96 valence electrons. The molecule has 0 unspecified atom stereocenters. The van der Waals surface area contributed by atoms with Crippen molar-refractivity contribution in [2.24, 2.45) is 0 Å². The molecule has 0 bridgehead atoms. The van der Waals surface area contributed by atoms with Crippen molar-refractivity contribution in [3.63, 3.8) is 0 Å². The van der Waals surface area contributed by atoms with E-state index in [1.54, 1.807) is 0 Å². The van der Waals surface area contributed by atoms with Gasteiger partial charge >= 0.3 is 0 Å². The average Bonchev–Trinajstić information content (AvgIpc) is 2.86. The smallest absolute Gasteiger partial charge is 0.154 e. The molecule has 0 atom stereocenters. The molecule has 0 spiro atoms. The van der Waals surface area contributed by atoms with Gasteiger partial charge in [0, 0.05) is 18.1 Å². The third-order valence-corrected chi connectivity index (χ3v) is 3.10. The number of para-hydroxylation sites is 1. The van der Waals surface area contributed by atoms with Gasteiger partial charge in [-0.2, -0.15) is 5.10 Å². The lowest BCUT2D eigenvalue weighted by molar-refractivity contribution is 0.810. The number of nitrogens with zero attached hydrogens (tertiary/aromatic N) is 3. The zero-order valence-electron chi connectivity index (χ0n) is 11.1. The highest BCUT2D eigenvalue weighted by molar-refractivity contribution is 5.83. The van der Waals surface area contributed by atoms with Gasteiger partial charge in [0.15, 0.2) is 5.82 Å². The topological polar surface area (TPSA) is 42.7 Å². The largest absolute Gasteiger partial charge is 0.316 e. The molecule has 3 aromatic rings. The minimum absolute atomic E-state index is 0.816. The van der Waals surface area contributed by atoms with Gasteiger partial charge in [0.25, 0.3) is 0 Å². The quantitative estimate of drug-likeness (QED) is 0.778. The number of benzene rings is 1. The Kier molecular flexibility index (Phi) is 3.01. The summed E-state index contributed by atoms with van der Waals surface area (Å²) in [5.74, 6) is 0.858. The molecule has 2 aromatic heterocycles. The van der Waals surface area contributed by atoms with Gasteiger partial charge in [-0.15, -0.1) is 0 Å². The molecule has 0 saturated heterocycles. The number of pyridine rings is 1. The van der Waals surface area contributed by atoms with Gasteiger partial charge in [-0.3, -0.25) is 0 Å². The predicted octanol–water partition coefficient (Wildman–Crippen LogP) is 2.45. The summed E-state index contributed by atoms with van der Waals surface area (Å²) in [5, 5.41) is 8.72. The molecule has 2 heterocycles. The second kappa shape index (κ2) is 4.82. The molecule has 0 aliphatic heterocycles. The van der Waals surface area contributed by atoms with Crippen LogP contribution in [0.5, 0.6) is 0 Å². The van der Waals surface area contributed by atoms with E-state index in [0.29, 0.717) is 0 Å². The Morgan fingerprint density at radius 2 is 2.11 bits per heavy atom. The van der Waals surface area contributed by atoms with E-state index in [1.165, 1.54) is 10.9 Å². The second-order valence-electron chi connectivity index (χ2n) is 4.65. The number of aromatic nitrogens is 3. The number of hydrogen-bond donors (Lipinski definition) is 1. The first-order chi connectivity index (χ1) is 9.28. The van der Waals surface area contributed by atoms with Gasteiger partial charge in [0.1, 0.15) is 0 Å². The number of nitrogens with one attached hydrogen (secondary N) is 1. The van der Waals surface area contributed by atoms with Crippen LogP contribution in [0.4, 0.5) is 0 Å². The van der Waals surface area contributed by atoms with Crippen LogP contribution in [-0.2, 0) is 6.54 Å². The Bertz CT molecular complexity index is 715. The van der Waals surface area contributed by atoms with Gasteiger partial charge in [0.05, 0.1) is 11.7 Å². The molecule has 0 aliphatic carbocycles. The molecular weight excluding hydrogens is 236 g/mol. The summed E-state index contributed by atoms with van der Waals surface area (Å²) < 4.78 is 1.82. The minimum Gasteiger partial charge on any atom is -0.316 e. The molecule has 4 nitrogen and oxygen atoms in total. The molecule has 4 heteroatoms. The Labute approximate surface area is 112 Å². The molecule has 0 amide bonds. The maximum absolute atomic E-state index is 4.67. The van der Waals surface area contributed by atoms with E-state index in [2.05, 4.69) is 27.5 Å². The van der Waals surface area contributed by atoms with Crippen molar-refractivity contribution in [3.05, 3.63) is 53.9 Å². The average molecular weight is 252 g/mol. The molecule has 0 saturated carbocycles. The van der Waals surface area contributed by atoms with Crippen molar-refractivity contribution in [1.29, 1.82) is 0 Å². The van der Waals surface area contributed by atoms with Crippen LogP contribution in [0.25, 0.3) is 16.7 Å². The molecule has 1 aromatic carbocycles. The van der Waals surface area contributed by atoms with E-state index in [1.807, 2.05) is 49.2 Å². The van der Waals surface area contributed by atoms with Crippen LogP contribution in [0.1, 0.15) is 11.1 Å². The third-order valence-electron chi connectivity index (χ3n) is 3.10. The van der Waals surface area contributed by atoms with Gasteiger partial charge in [0.2, 0.25) is 0 Å². The fourth-order valence-electron chi connectivity index (χ4n) is 2.22. The van der Waals surface area contributed by atoms with Crippen LogP contribution in [-0.4, -0.2) is 21.8 Å². The Hall–Kier alpha value is -2.20. The molecular formula is C15H16N4. The van der Waals surface area contributed by atoms with Crippen LogP contribution in [0, 0.1) is 6.92 Å². The van der Waals surface area contributed by atoms with Crippen molar-refractivity contribution < 1.29 is 0 Å². The zero-order valence-corrected chi connectivity index (χ0v) is 11.1. The normalized spacial score (nSPS) is 11.1. The SMILES string of the molecule is CNCc1cc(-n2cc(C)cn2)nc2ccccc12. The molecule has 0 radical (unpaired) electrons. The van der Waals surface area contributed by atoms with E-state index in [4.69, 9.17) is 0 Å². The van der Waals surface area contributed by atoms with Gasteiger partial charge in [-0.1, -0.05) is 18.2 Å². The first-order valence-electron chi connectivity index (χ1n) is 6.33. The highest BCUT2D eigenvalue weighted by Crippen LogP contribution is 2.20. The predicted molar refractivity (Wildman–Crippen MR) is 76.4 cm³/mol. The van der Waals surface area contributed by atoms with Crippen molar-refractivity contribution >= 4 is 10.9 Å². The van der Waals surface area contributed by atoms with E-state index >= 15 is 0 Å². The van der Waals surface area contributed by atoms with Gasteiger partial charge < -0.3 is 5.32 Å². The van der Waals surface area contributed by atoms with Gasteiger partial charge in [-0.05, 0) is 37.2 Å². The van der Waals surface area contributed by atoms with E-state index < -0.39 is 0 Å². The molecule has 0 aliphatic rings. The van der Waals surface area contributed by atoms with Gasteiger partial charge in [-0.25, -0.2) is 9.67 Å². The summed E-state index contributed by atoms with van der Waals surface area (Å²) in [6.07, 6.45) is 3.83. The number of rotatable bonds is 3. The number of aryl methyl sites for hydroxylation is 1. The van der Waals surface area contributed by atoms with Crippen LogP contribution in [0.15, 0.2) is 42.7 Å². The number of fused-ring (bicyclic) bond motifs is 1. The van der Waals surface area contributed by atoms with Crippen LogP contribution >= 0.6 is 0 Å². The Balaban J connectivity index is 2.21. The van der Waals surface area contributed by atoms with Crippen LogP contribution < -0.4 is 5.32 Å². The van der Waals surface area contributed by atoms with Crippen molar-refractivity contribution in [1.82, 2.24) is 20.1 Å². The van der Waals surface area contributed by atoms with E-state index in [0.717, 1.165) is 23.4 Å². The van der Waals surface area contributed by atoms with E-state index in [-0.39, 0.29) is 0 Å². The molecule has 1 N–H and O–H groups in total. The highest BCUT2D eigenvalue weighted by atomic mass is 15.3. The minimum atomic E-state index is 0.816. The Morgan fingerprint density at radius 1 is 1.26 bits per heavy atom. The summed E-state index contributed by atoms with van der Waals surface area (Å²) in [6, 6.07) is 10.3. The summed E-state index contributed by atoms with van der Waals surface area (Å²) in [5.41, 5.74) is 3.36. The fourth-order valence-corrected chi connectivity index (χ4v) is 2.22. The standard InChI is InChI=1S/C15H16N4/c1-11-8-17-19(10-11)15-7-12(9-16-2)13-5-3-4-6-14(13)18-15/h3-8,10,16H,9H2,1-2H3. The summed E-state index contributed by atoms with van der Waals surface area (Å²) in [7, 11) is 1.95. The van der Waals surface area contributed by atoms with Crippen molar-refractivity contribution in [2.45, 2.75) is 13.5 Å². The lowest BCUT2D eigenvalue weighted by Gasteiger charge is -2.09. The molecule has 3 rings (SSSR count). The van der Waals surface area contributed by atoms with Crippen molar-refractivity contribution in [3.8, 4) is 5.82 Å². The van der Waals surface area contributed by atoms with Crippen molar-refractivity contribution in [2.75, 3.05) is 7.05 Å². The lowest BCUT2D eigenvalue weighted by Crippen LogP contribution is -2.08. The highest BCUT2D eigenvalue weighted by Gasteiger charge is 2.07. The lowest BCUT2D eigenvalue weighted by atomic mass is 10.1. The Morgan fingerprint density at radius 3 is 2.84 bits per heavy atom.